The van der Waals surface area contributed by atoms with Gasteiger partial charge in [0.05, 0.1) is 10.6 Å². The van der Waals surface area contributed by atoms with Crippen molar-refractivity contribution in [3.63, 3.8) is 0 Å². The number of nitrogens with one attached hydrogen (secondary N) is 1. The Kier molecular flexibility index (Phi) is 6.06. The van der Waals surface area contributed by atoms with Gasteiger partial charge in [-0.3, -0.25) is 4.79 Å². The van der Waals surface area contributed by atoms with Crippen molar-refractivity contribution in [3.8, 4) is 5.69 Å². The number of amidine groups is 1. The number of benzene rings is 2. The van der Waals surface area contributed by atoms with Gasteiger partial charge in [0.15, 0.2) is 5.17 Å². The van der Waals surface area contributed by atoms with E-state index < -0.39 is 0 Å². The molecule has 6 heteroatoms. The standard InChI is InChI=1S/C26H26ClN3OS/c1-16-13-18(17(2)30(16)22-11-9-19(10-12-22)26(3,4)5)14-23-24(31)29-25(32-23)28-21-8-6-7-20(27)15-21/h6-15H,1-5H3,(H,28,29,31)/b23-14-. The van der Waals surface area contributed by atoms with Gasteiger partial charge in [0.2, 0.25) is 0 Å². The van der Waals surface area contributed by atoms with Gasteiger partial charge in [-0.15, -0.1) is 0 Å². The summed E-state index contributed by atoms with van der Waals surface area (Å²) in [7, 11) is 0. The maximum absolute atomic E-state index is 12.5. The van der Waals surface area contributed by atoms with Crippen LogP contribution in [-0.2, 0) is 10.2 Å². The van der Waals surface area contributed by atoms with Crippen LogP contribution in [-0.4, -0.2) is 15.6 Å². The number of hydrogen-bond donors (Lipinski definition) is 1. The largest absolute Gasteiger partial charge is 0.318 e. The van der Waals surface area contributed by atoms with Crippen molar-refractivity contribution in [2.75, 3.05) is 0 Å². The number of nitrogens with zero attached hydrogens (tertiary/aromatic N) is 2. The molecule has 0 spiro atoms. The summed E-state index contributed by atoms with van der Waals surface area (Å²) in [6.45, 7) is 10.8. The zero-order valence-electron chi connectivity index (χ0n) is 18.9. The third-order valence-corrected chi connectivity index (χ3v) is 6.58. The number of amides is 1. The average Bonchev–Trinajstić information content (AvgIpc) is 3.19. The molecule has 4 rings (SSSR count). The normalized spacial score (nSPS) is 16.8. The maximum atomic E-state index is 12.5. The number of rotatable bonds is 3. The fraction of sp³-hybridized carbons (Fsp3) is 0.231. The Bertz CT molecular complexity index is 1250. The summed E-state index contributed by atoms with van der Waals surface area (Å²) >= 11 is 7.37. The molecule has 0 saturated carbocycles. The highest BCUT2D eigenvalue weighted by Gasteiger charge is 2.24. The summed E-state index contributed by atoms with van der Waals surface area (Å²) in [4.78, 5) is 17.7. The first-order valence-corrected chi connectivity index (χ1v) is 11.7. The smallest absolute Gasteiger partial charge is 0.264 e. The van der Waals surface area contributed by atoms with Crippen LogP contribution in [0.25, 0.3) is 11.8 Å². The quantitative estimate of drug-likeness (QED) is 0.428. The lowest BCUT2D eigenvalue weighted by Crippen LogP contribution is -2.19. The van der Waals surface area contributed by atoms with Gasteiger partial charge in [-0.05, 0) is 84.6 Å². The number of aryl methyl sites for hydroxylation is 1. The number of hydrogen-bond acceptors (Lipinski definition) is 3. The van der Waals surface area contributed by atoms with E-state index in [0.717, 1.165) is 22.6 Å². The molecule has 2 aromatic carbocycles. The highest BCUT2D eigenvalue weighted by atomic mass is 35.5. The van der Waals surface area contributed by atoms with E-state index in [1.165, 1.54) is 17.3 Å². The first-order valence-electron chi connectivity index (χ1n) is 10.5. The molecule has 164 valence electrons. The number of aromatic nitrogens is 1. The molecule has 1 saturated heterocycles. The van der Waals surface area contributed by atoms with Crippen molar-refractivity contribution in [1.82, 2.24) is 9.88 Å². The van der Waals surface area contributed by atoms with Crippen molar-refractivity contribution in [2.45, 2.75) is 40.0 Å². The third-order valence-electron chi connectivity index (χ3n) is 5.44. The Morgan fingerprint density at radius 2 is 1.78 bits per heavy atom. The summed E-state index contributed by atoms with van der Waals surface area (Å²) in [5.41, 5.74) is 6.47. The lowest BCUT2D eigenvalue weighted by Gasteiger charge is -2.20. The van der Waals surface area contributed by atoms with Gasteiger partial charge in [0, 0.05) is 22.1 Å². The third kappa shape index (κ3) is 4.69. The summed E-state index contributed by atoms with van der Waals surface area (Å²) in [5.74, 6) is -0.143. The van der Waals surface area contributed by atoms with E-state index in [4.69, 9.17) is 11.6 Å². The predicted molar refractivity (Wildman–Crippen MR) is 136 cm³/mol. The highest BCUT2D eigenvalue weighted by Crippen LogP contribution is 2.31. The molecule has 32 heavy (non-hydrogen) atoms. The molecule has 4 nitrogen and oxygen atoms in total. The van der Waals surface area contributed by atoms with Crippen LogP contribution in [0.2, 0.25) is 5.02 Å². The van der Waals surface area contributed by atoms with E-state index in [1.807, 2.05) is 18.2 Å². The van der Waals surface area contributed by atoms with Gasteiger partial charge >= 0.3 is 0 Å². The molecule has 0 aliphatic carbocycles. The number of carbonyl (C=O) groups excluding carboxylic acids is 1. The molecule has 0 atom stereocenters. The number of carbonyl (C=O) groups is 1. The van der Waals surface area contributed by atoms with E-state index in [9.17, 15) is 4.79 Å². The minimum absolute atomic E-state index is 0.117. The Balaban J connectivity index is 1.62. The maximum Gasteiger partial charge on any atom is 0.264 e. The van der Waals surface area contributed by atoms with Crippen molar-refractivity contribution in [1.29, 1.82) is 0 Å². The molecule has 1 aliphatic heterocycles. The lowest BCUT2D eigenvalue weighted by atomic mass is 9.87. The van der Waals surface area contributed by atoms with Crippen LogP contribution < -0.4 is 5.32 Å². The Hall–Kier alpha value is -2.76. The van der Waals surface area contributed by atoms with Gasteiger partial charge < -0.3 is 9.88 Å². The minimum Gasteiger partial charge on any atom is -0.318 e. The van der Waals surface area contributed by atoms with E-state index in [-0.39, 0.29) is 11.3 Å². The molecule has 1 aliphatic rings. The molecule has 1 amide bonds. The van der Waals surface area contributed by atoms with Crippen LogP contribution in [0.4, 0.5) is 5.69 Å². The number of aliphatic imine (C=N–C) groups is 1. The molecule has 0 unspecified atom stereocenters. The SMILES string of the molecule is Cc1cc(/C=C2\SC(=Nc3cccc(Cl)c3)NC2=O)c(C)n1-c1ccc(C(C)(C)C)cc1. The van der Waals surface area contributed by atoms with E-state index in [0.29, 0.717) is 20.8 Å². The van der Waals surface area contributed by atoms with Crippen LogP contribution in [0.3, 0.4) is 0 Å². The Morgan fingerprint density at radius 1 is 1.06 bits per heavy atom. The molecular formula is C26H26ClN3OS. The van der Waals surface area contributed by atoms with Gasteiger partial charge in [-0.25, -0.2) is 4.99 Å². The van der Waals surface area contributed by atoms with Crippen molar-refractivity contribution < 1.29 is 4.79 Å². The minimum atomic E-state index is -0.143. The van der Waals surface area contributed by atoms with Crippen molar-refractivity contribution in [3.05, 3.63) is 87.0 Å². The first-order chi connectivity index (χ1) is 15.1. The van der Waals surface area contributed by atoms with Gasteiger partial charge in [0.1, 0.15) is 0 Å². The van der Waals surface area contributed by atoms with Gasteiger partial charge in [0.25, 0.3) is 5.91 Å². The monoisotopic (exact) mass is 463 g/mol. The van der Waals surface area contributed by atoms with E-state index >= 15 is 0 Å². The summed E-state index contributed by atoms with van der Waals surface area (Å²) in [6, 6.07) is 18.0. The van der Waals surface area contributed by atoms with Crippen LogP contribution in [0.5, 0.6) is 0 Å². The second-order valence-corrected chi connectivity index (χ2v) is 10.4. The van der Waals surface area contributed by atoms with Gasteiger partial charge in [-0.1, -0.05) is 50.6 Å². The zero-order chi connectivity index (χ0) is 23.0. The molecular weight excluding hydrogens is 438 g/mol. The van der Waals surface area contributed by atoms with Crippen LogP contribution >= 0.6 is 23.4 Å². The fourth-order valence-corrected chi connectivity index (χ4v) is 4.74. The molecule has 3 aromatic rings. The Morgan fingerprint density at radius 3 is 2.44 bits per heavy atom. The van der Waals surface area contributed by atoms with E-state index in [2.05, 4.69) is 79.8 Å². The lowest BCUT2D eigenvalue weighted by molar-refractivity contribution is -0.115. The second-order valence-electron chi connectivity index (χ2n) is 8.92. The highest BCUT2D eigenvalue weighted by molar-refractivity contribution is 8.18. The van der Waals surface area contributed by atoms with Crippen LogP contribution in [0.15, 0.2) is 64.5 Å². The van der Waals surface area contributed by atoms with E-state index in [1.54, 1.807) is 12.1 Å². The van der Waals surface area contributed by atoms with Gasteiger partial charge in [-0.2, -0.15) is 0 Å². The molecule has 0 bridgehead atoms. The summed E-state index contributed by atoms with van der Waals surface area (Å²) in [6.07, 6.45) is 1.93. The van der Waals surface area contributed by atoms with Crippen LogP contribution in [0.1, 0.15) is 43.3 Å². The first kappa shape index (κ1) is 22.4. The van der Waals surface area contributed by atoms with Crippen molar-refractivity contribution in [2.24, 2.45) is 4.99 Å². The zero-order valence-corrected chi connectivity index (χ0v) is 20.4. The summed E-state index contributed by atoms with van der Waals surface area (Å²) in [5, 5.41) is 4.00. The molecule has 1 aromatic heterocycles. The number of halogens is 1. The molecule has 0 radical (unpaired) electrons. The summed E-state index contributed by atoms with van der Waals surface area (Å²) < 4.78 is 2.22. The van der Waals surface area contributed by atoms with Crippen LogP contribution in [0, 0.1) is 13.8 Å². The molecule has 2 heterocycles. The second kappa shape index (κ2) is 8.64. The average molecular weight is 464 g/mol. The topological polar surface area (TPSA) is 46.4 Å². The Labute approximate surface area is 198 Å². The molecule has 1 fully saturated rings. The number of thioether (sulfide) groups is 1. The predicted octanol–water partition coefficient (Wildman–Crippen LogP) is 6.94. The van der Waals surface area contributed by atoms with Crippen molar-refractivity contribution >= 4 is 46.2 Å². The fourth-order valence-electron chi connectivity index (χ4n) is 3.73. The molecule has 1 N–H and O–H groups in total.